The van der Waals surface area contributed by atoms with Crippen molar-refractivity contribution in [2.45, 2.75) is 45.1 Å². The average Bonchev–Trinajstić information content (AvgIpc) is 2.20. The van der Waals surface area contributed by atoms with Crippen LogP contribution >= 0.6 is 0 Å². The van der Waals surface area contributed by atoms with E-state index >= 15 is 0 Å². The minimum absolute atomic E-state index is 0.0444. The van der Waals surface area contributed by atoms with Crippen molar-refractivity contribution in [3.8, 4) is 0 Å². The second-order valence-corrected chi connectivity index (χ2v) is 3.83. The number of rotatable bonds is 4. The first kappa shape index (κ1) is 10.4. The maximum atomic E-state index is 10.8. The molecule has 0 spiro atoms. The van der Waals surface area contributed by atoms with Crippen molar-refractivity contribution in [2.75, 3.05) is 0 Å². The highest BCUT2D eigenvalue weighted by molar-refractivity contribution is 5.54. The molecule has 0 aromatic carbocycles. The summed E-state index contributed by atoms with van der Waals surface area (Å²) < 4.78 is 0. The predicted octanol–water partition coefficient (Wildman–Crippen LogP) is 2.54. The summed E-state index contributed by atoms with van der Waals surface area (Å²) in [6.07, 6.45) is 5.92. The van der Waals surface area contributed by atoms with Crippen molar-refractivity contribution in [1.29, 1.82) is 0 Å². The Hall–Kier alpha value is -0.730. The van der Waals surface area contributed by atoms with Crippen LogP contribution in [0.5, 0.6) is 0 Å². The Bertz CT molecular complexity index is 172. The third-order valence-electron chi connectivity index (χ3n) is 3.11. The summed E-state index contributed by atoms with van der Waals surface area (Å²) in [6.45, 7) is 2.00. The van der Waals surface area contributed by atoms with Gasteiger partial charge < -0.3 is 4.79 Å². The lowest BCUT2D eigenvalue weighted by Crippen LogP contribution is -2.30. The zero-order chi connectivity index (χ0) is 9.68. The Balaban J connectivity index is 2.61. The molecule has 1 fully saturated rings. The highest BCUT2D eigenvalue weighted by Crippen LogP contribution is 2.32. The Kier molecular flexibility index (Phi) is 4.06. The van der Waals surface area contributed by atoms with Gasteiger partial charge in [0.25, 0.3) is 0 Å². The molecule has 74 valence electrons. The van der Waals surface area contributed by atoms with E-state index < -0.39 is 0 Å². The first-order valence-corrected chi connectivity index (χ1v) is 5.11. The van der Waals surface area contributed by atoms with Gasteiger partial charge in [-0.3, -0.25) is 0 Å². The molecule has 0 aliphatic heterocycles. The van der Waals surface area contributed by atoms with Crippen molar-refractivity contribution in [2.24, 2.45) is 17.0 Å². The molecule has 0 N–H and O–H groups in total. The molecule has 1 aliphatic rings. The summed E-state index contributed by atoms with van der Waals surface area (Å²) in [4.78, 5) is 21.3. The molecule has 0 amide bonds. The van der Waals surface area contributed by atoms with Crippen LogP contribution in [0.25, 0.3) is 0 Å². The largest absolute Gasteiger partial charge is 0.303 e. The fraction of sp³-hybridized carbons (Fsp3) is 0.900. The summed E-state index contributed by atoms with van der Waals surface area (Å²) in [5.41, 5.74) is 0. The van der Waals surface area contributed by atoms with Gasteiger partial charge in [0.05, 0.1) is 6.04 Å². The molecular formula is C10H17NO2. The number of hydrogen-bond acceptors (Lipinski definition) is 3. The van der Waals surface area contributed by atoms with Crippen LogP contribution < -0.4 is 0 Å². The quantitative estimate of drug-likeness (QED) is 0.496. The van der Waals surface area contributed by atoms with E-state index in [2.05, 4.69) is 5.18 Å². The molecule has 0 bridgehead atoms. The van der Waals surface area contributed by atoms with Crippen LogP contribution in [0.1, 0.15) is 39.0 Å². The summed E-state index contributed by atoms with van der Waals surface area (Å²) in [7, 11) is 0. The molecule has 1 rings (SSSR count). The van der Waals surface area contributed by atoms with Crippen LogP contribution in [-0.4, -0.2) is 12.3 Å². The maximum absolute atomic E-state index is 10.8. The molecule has 0 aromatic heterocycles. The zero-order valence-corrected chi connectivity index (χ0v) is 8.11. The second-order valence-electron chi connectivity index (χ2n) is 3.83. The van der Waals surface area contributed by atoms with Crippen LogP contribution in [0, 0.1) is 16.7 Å². The van der Waals surface area contributed by atoms with Crippen LogP contribution in [0.3, 0.4) is 0 Å². The molecule has 3 atom stereocenters. The van der Waals surface area contributed by atoms with Crippen LogP contribution in [0.4, 0.5) is 0 Å². The van der Waals surface area contributed by atoms with Gasteiger partial charge in [0.1, 0.15) is 6.29 Å². The van der Waals surface area contributed by atoms with Crippen LogP contribution in [0.15, 0.2) is 5.18 Å². The van der Waals surface area contributed by atoms with Crippen molar-refractivity contribution < 1.29 is 4.79 Å². The van der Waals surface area contributed by atoms with E-state index in [9.17, 15) is 9.70 Å². The molecule has 1 aliphatic carbocycles. The van der Waals surface area contributed by atoms with E-state index in [0.29, 0.717) is 0 Å². The number of aldehydes is 1. The van der Waals surface area contributed by atoms with E-state index in [4.69, 9.17) is 0 Å². The lowest BCUT2D eigenvalue weighted by atomic mass is 9.76. The van der Waals surface area contributed by atoms with Gasteiger partial charge in [-0.05, 0) is 25.2 Å². The molecule has 3 heteroatoms. The van der Waals surface area contributed by atoms with Crippen LogP contribution in [0.2, 0.25) is 0 Å². The Morgan fingerprint density at radius 1 is 1.46 bits per heavy atom. The first-order chi connectivity index (χ1) is 6.33. The van der Waals surface area contributed by atoms with Gasteiger partial charge in [-0.15, -0.1) is 0 Å². The van der Waals surface area contributed by atoms with Crippen molar-refractivity contribution in [1.82, 2.24) is 0 Å². The average molecular weight is 183 g/mol. The van der Waals surface area contributed by atoms with Gasteiger partial charge in [0, 0.05) is 5.92 Å². The second kappa shape index (κ2) is 5.10. The predicted molar refractivity (Wildman–Crippen MR) is 51.4 cm³/mol. The van der Waals surface area contributed by atoms with Gasteiger partial charge in [-0.2, -0.15) is 4.91 Å². The van der Waals surface area contributed by atoms with E-state index in [0.717, 1.165) is 38.4 Å². The maximum Gasteiger partial charge on any atom is 0.123 e. The topological polar surface area (TPSA) is 46.5 Å². The summed E-state index contributed by atoms with van der Waals surface area (Å²) >= 11 is 0. The van der Waals surface area contributed by atoms with Crippen molar-refractivity contribution >= 4 is 6.29 Å². The molecule has 0 aromatic rings. The van der Waals surface area contributed by atoms with Gasteiger partial charge in [-0.1, -0.05) is 24.9 Å². The Labute approximate surface area is 78.9 Å². The number of carbonyl (C=O) groups excluding carboxylic acids is 1. The fourth-order valence-electron chi connectivity index (χ4n) is 2.27. The highest BCUT2D eigenvalue weighted by Gasteiger charge is 2.31. The first-order valence-electron chi connectivity index (χ1n) is 5.11. The molecular weight excluding hydrogens is 166 g/mol. The van der Waals surface area contributed by atoms with Gasteiger partial charge in [0.15, 0.2) is 0 Å². The minimum Gasteiger partial charge on any atom is -0.303 e. The van der Waals surface area contributed by atoms with Crippen molar-refractivity contribution in [3.63, 3.8) is 0 Å². The zero-order valence-electron chi connectivity index (χ0n) is 8.11. The molecule has 1 saturated carbocycles. The van der Waals surface area contributed by atoms with Gasteiger partial charge in [0.2, 0.25) is 0 Å². The highest BCUT2D eigenvalue weighted by atomic mass is 16.3. The van der Waals surface area contributed by atoms with E-state index in [1.165, 1.54) is 0 Å². The van der Waals surface area contributed by atoms with Crippen molar-refractivity contribution in [3.05, 3.63) is 4.91 Å². The standard InChI is InChI=1S/C10H17NO2/c1-2-8(7-12)9-5-3-4-6-10(9)11-13/h7-10H,2-6H2,1H3/t8-,9+,10-/m1/s1. The van der Waals surface area contributed by atoms with Gasteiger partial charge in [-0.25, -0.2) is 0 Å². The SMILES string of the molecule is CC[C@H](C=O)[C@@H]1CCCC[C@H]1N=O. The number of hydrogen-bond donors (Lipinski definition) is 0. The summed E-state index contributed by atoms with van der Waals surface area (Å²) in [5.74, 6) is 0.261. The molecule has 0 unspecified atom stereocenters. The minimum atomic E-state index is -0.108. The number of carbonyl (C=O) groups is 1. The number of nitroso groups, excluding NO2 is 1. The lowest BCUT2D eigenvalue weighted by Gasteiger charge is -2.29. The van der Waals surface area contributed by atoms with Gasteiger partial charge >= 0.3 is 0 Å². The molecule has 0 saturated heterocycles. The summed E-state index contributed by atoms with van der Waals surface area (Å²) in [5, 5.41) is 3.14. The molecule has 0 heterocycles. The number of nitrogens with zero attached hydrogens (tertiary/aromatic N) is 1. The molecule has 13 heavy (non-hydrogen) atoms. The Morgan fingerprint density at radius 2 is 2.15 bits per heavy atom. The van der Waals surface area contributed by atoms with E-state index in [-0.39, 0.29) is 17.9 Å². The smallest absolute Gasteiger partial charge is 0.123 e. The van der Waals surface area contributed by atoms with E-state index in [1.807, 2.05) is 6.92 Å². The third-order valence-corrected chi connectivity index (χ3v) is 3.11. The third kappa shape index (κ3) is 2.36. The fourth-order valence-corrected chi connectivity index (χ4v) is 2.27. The van der Waals surface area contributed by atoms with Crippen LogP contribution in [-0.2, 0) is 4.79 Å². The Morgan fingerprint density at radius 3 is 2.69 bits per heavy atom. The monoisotopic (exact) mass is 183 g/mol. The normalized spacial score (nSPS) is 30.8. The molecule has 3 nitrogen and oxygen atoms in total. The molecule has 0 radical (unpaired) electrons. The lowest BCUT2D eigenvalue weighted by molar-refractivity contribution is -0.113. The summed E-state index contributed by atoms with van der Waals surface area (Å²) in [6, 6.07) is -0.108. The van der Waals surface area contributed by atoms with E-state index in [1.54, 1.807) is 0 Å².